The summed E-state index contributed by atoms with van der Waals surface area (Å²) < 4.78 is 22.9. The molecule has 0 unspecified atom stereocenters. The fraction of sp³-hybridized carbons (Fsp3) is 0.818. The number of aliphatic hydroxyl groups excluding tert-OH is 1. The van der Waals surface area contributed by atoms with E-state index < -0.39 is 22.0 Å². The Bertz CT molecular complexity index is 489. The second-order valence-corrected chi connectivity index (χ2v) is 7.12. The largest absolute Gasteiger partial charge is 0.390 e. The summed E-state index contributed by atoms with van der Waals surface area (Å²) in [5.41, 5.74) is 0. The monoisotopic (exact) mass is 290 g/mol. The van der Waals surface area contributed by atoms with Crippen LogP contribution in [0.1, 0.15) is 13.3 Å². The Kier molecular flexibility index (Phi) is 3.82. The first-order valence-corrected chi connectivity index (χ1v) is 8.12. The number of carbonyl (C=O) groups is 2. The molecule has 0 aromatic carbocycles. The van der Waals surface area contributed by atoms with Crippen LogP contribution in [0.3, 0.4) is 0 Å². The standard InChI is InChI=1S/C11H18N2O5S/c1-2-10(15)12-3-4-13(11(16)5-12)8-6-19(17,18)7-9(8)14/h8-9,14H,2-7H2,1H3/t8-,9+/m0/s1. The lowest BCUT2D eigenvalue weighted by Gasteiger charge is -2.38. The highest BCUT2D eigenvalue weighted by Crippen LogP contribution is 2.20. The maximum Gasteiger partial charge on any atom is 0.242 e. The Hall–Kier alpha value is -1.15. The number of aliphatic hydroxyl groups is 1. The second-order valence-electron chi connectivity index (χ2n) is 4.97. The molecule has 1 N–H and O–H groups in total. The molecule has 7 nitrogen and oxygen atoms in total. The topological polar surface area (TPSA) is 95.0 Å². The third kappa shape index (κ3) is 2.89. The summed E-state index contributed by atoms with van der Waals surface area (Å²) in [6.07, 6.45) is -0.685. The zero-order chi connectivity index (χ0) is 14.2. The Morgan fingerprint density at radius 2 is 2.05 bits per heavy atom. The maximum absolute atomic E-state index is 12.0. The summed E-state index contributed by atoms with van der Waals surface area (Å²) in [7, 11) is -3.28. The minimum atomic E-state index is -3.28. The highest BCUT2D eigenvalue weighted by molar-refractivity contribution is 7.91. The molecule has 2 atom stereocenters. The summed E-state index contributed by atoms with van der Waals surface area (Å²) in [4.78, 5) is 26.4. The van der Waals surface area contributed by atoms with Gasteiger partial charge in [-0.05, 0) is 0 Å². The molecule has 2 rings (SSSR count). The predicted octanol–water partition coefficient (Wildman–Crippen LogP) is -1.77. The van der Waals surface area contributed by atoms with Crippen molar-refractivity contribution in [3.05, 3.63) is 0 Å². The van der Waals surface area contributed by atoms with Crippen LogP contribution in [0.2, 0.25) is 0 Å². The number of nitrogens with zero attached hydrogens (tertiary/aromatic N) is 2. The average Bonchev–Trinajstić information content (AvgIpc) is 2.61. The summed E-state index contributed by atoms with van der Waals surface area (Å²) in [6.45, 7) is 2.37. The fourth-order valence-electron chi connectivity index (χ4n) is 2.58. The highest BCUT2D eigenvalue weighted by atomic mass is 32.2. The summed E-state index contributed by atoms with van der Waals surface area (Å²) in [6, 6.07) is -0.670. The molecule has 8 heteroatoms. The first-order chi connectivity index (χ1) is 8.84. The van der Waals surface area contributed by atoms with Gasteiger partial charge in [-0.2, -0.15) is 0 Å². The molecule has 2 aliphatic heterocycles. The van der Waals surface area contributed by atoms with E-state index in [-0.39, 0.29) is 36.4 Å². The van der Waals surface area contributed by atoms with Crippen molar-refractivity contribution >= 4 is 21.7 Å². The van der Waals surface area contributed by atoms with Gasteiger partial charge in [0.1, 0.15) is 0 Å². The molecule has 0 aliphatic carbocycles. The van der Waals surface area contributed by atoms with E-state index in [2.05, 4.69) is 0 Å². The van der Waals surface area contributed by atoms with E-state index in [1.165, 1.54) is 9.80 Å². The van der Waals surface area contributed by atoms with Crippen LogP contribution < -0.4 is 0 Å². The number of piperazine rings is 1. The minimum Gasteiger partial charge on any atom is -0.390 e. The van der Waals surface area contributed by atoms with Gasteiger partial charge in [0, 0.05) is 19.5 Å². The van der Waals surface area contributed by atoms with Crippen LogP contribution in [0.5, 0.6) is 0 Å². The van der Waals surface area contributed by atoms with E-state index in [0.717, 1.165) is 0 Å². The second kappa shape index (κ2) is 5.09. The van der Waals surface area contributed by atoms with Gasteiger partial charge in [-0.3, -0.25) is 9.59 Å². The highest BCUT2D eigenvalue weighted by Gasteiger charge is 2.43. The van der Waals surface area contributed by atoms with Crippen molar-refractivity contribution in [2.24, 2.45) is 0 Å². The quantitative estimate of drug-likeness (QED) is 0.649. The van der Waals surface area contributed by atoms with Gasteiger partial charge < -0.3 is 14.9 Å². The first-order valence-electron chi connectivity index (χ1n) is 6.30. The molecular weight excluding hydrogens is 272 g/mol. The van der Waals surface area contributed by atoms with Crippen molar-refractivity contribution in [1.82, 2.24) is 9.80 Å². The molecule has 2 saturated heterocycles. The smallest absolute Gasteiger partial charge is 0.242 e. The number of sulfone groups is 1. The molecular formula is C11H18N2O5S. The normalized spacial score (nSPS) is 30.7. The third-order valence-corrected chi connectivity index (χ3v) is 5.31. The van der Waals surface area contributed by atoms with Crippen LogP contribution in [-0.4, -0.2) is 78.4 Å². The molecule has 19 heavy (non-hydrogen) atoms. The Labute approximate surface area is 112 Å². The Morgan fingerprint density at radius 1 is 1.37 bits per heavy atom. The first kappa shape index (κ1) is 14.3. The van der Waals surface area contributed by atoms with Gasteiger partial charge >= 0.3 is 0 Å². The molecule has 108 valence electrons. The molecule has 2 fully saturated rings. The fourth-order valence-corrected chi connectivity index (χ4v) is 4.38. The minimum absolute atomic E-state index is 0.0318. The van der Waals surface area contributed by atoms with Gasteiger partial charge in [-0.25, -0.2) is 8.42 Å². The van der Waals surface area contributed by atoms with E-state index >= 15 is 0 Å². The van der Waals surface area contributed by atoms with Crippen molar-refractivity contribution < 1.29 is 23.1 Å². The number of rotatable bonds is 2. The van der Waals surface area contributed by atoms with Gasteiger partial charge in [0.05, 0.1) is 30.2 Å². The van der Waals surface area contributed by atoms with Crippen LogP contribution in [-0.2, 0) is 19.4 Å². The molecule has 0 saturated carbocycles. The lowest BCUT2D eigenvalue weighted by Crippen LogP contribution is -2.57. The van der Waals surface area contributed by atoms with Crippen LogP contribution in [0, 0.1) is 0 Å². The predicted molar refractivity (Wildman–Crippen MR) is 67.0 cm³/mol. The van der Waals surface area contributed by atoms with E-state index in [0.29, 0.717) is 13.0 Å². The van der Waals surface area contributed by atoms with Gasteiger partial charge in [0.25, 0.3) is 0 Å². The Morgan fingerprint density at radius 3 is 2.53 bits per heavy atom. The van der Waals surface area contributed by atoms with Crippen molar-refractivity contribution in [2.45, 2.75) is 25.5 Å². The lowest BCUT2D eigenvalue weighted by molar-refractivity contribution is -0.148. The molecule has 2 amide bonds. The zero-order valence-corrected chi connectivity index (χ0v) is 11.6. The molecule has 2 heterocycles. The maximum atomic E-state index is 12.0. The van der Waals surface area contributed by atoms with Crippen LogP contribution in [0.4, 0.5) is 0 Å². The van der Waals surface area contributed by atoms with Gasteiger partial charge in [0.2, 0.25) is 11.8 Å². The van der Waals surface area contributed by atoms with E-state index in [1.807, 2.05) is 0 Å². The average molecular weight is 290 g/mol. The lowest BCUT2D eigenvalue weighted by atomic mass is 10.1. The molecule has 0 radical (unpaired) electrons. The van der Waals surface area contributed by atoms with Crippen LogP contribution in [0.25, 0.3) is 0 Å². The van der Waals surface area contributed by atoms with Crippen molar-refractivity contribution in [2.75, 3.05) is 31.1 Å². The molecule has 0 spiro atoms. The summed E-state index contributed by atoms with van der Waals surface area (Å²) >= 11 is 0. The number of amides is 2. The van der Waals surface area contributed by atoms with E-state index in [1.54, 1.807) is 6.92 Å². The molecule has 0 aromatic rings. The summed E-state index contributed by atoms with van der Waals surface area (Å²) in [5, 5.41) is 9.76. The van der Waals surface area contributed by atoms with Crippen LogP contribution >= 0.6 is 0 Å². The number of hydrogen-bond acceptors (Lipinski definition) is 5. The van der Waals surface area contributed by atoms with Crippen molar-refractivity contribution in [1.29, 1.82) is 0 Å². The molecule has 0 aromatic heterocycles. The van der Waals surface area contributed by atoms with Gasteiger partial charge in [-0.1, -0.05) is 6.92 Å². The molecule has 0 bridgehead atoms. The van der Waals surface area contributed by atoms with Gasteiger partial charge in [-0.15, -0.1) is 0 Å². The van der Waals surface area contributed by atoms with Gasteiger partial charge in [0.15, 0.2) is 9.84 Å². The number of hydrogen-bond donors (Lipinski definition) is 1. The van der Waals surface area contributed by atoms with Crippen molar-refractivity contribution in [3.63, 3.8) is 0 Å². The SMILES string of the molecule is CCC(=O)N1CCN([C@H]2CS(=O)(=O)C[C@H]2O)C(=O)C1. The van der Waals surface area contributed by atoms with E-state index in [4.69, 9.17) is 0 Å². The van der Waals surface area contributed by atoms with Crippen molar-refractivity contribution in [3.8, 4) is 0 Å². The summed E-state index contributed by atoms with van der Waals surface area (Å²) in [5.74, 6) is -0.873. The van der Waals surface area contributed by atoms with Crippen LogP contribution in [0.15, 0.2) is 0 Å². The van der Waals surface area contributed by atoms with E-state index in [9.17, 15) is 23.1 Å². The zero-order valence-electron chi connectivity index (χ0n) is 10.8. The molecule has 2 aliphatic rings. The Balaban J connectivity index is 2.05. The number of carbonyl (C=O) groups excluding carboxylic acids is 2. The third-order valence-electron chi connectivity index (χ3n) is 3.61.